The van der Waals surface area contributed by atoms with E-state index in [-0.39, 0.29) is 12.1 Å². The van der Waals surface area contributed by atoms with Crippen molar-refractivity contribution in [1.82, 2.24) is 14.8 Å². The van der Waals surface area contributed by atoms with Crippen molar-refractivity contribution in [3.63, 3.8) is 0 Å². The molecule has 1 saturated carbocycles. The van der Waals surface area contributed by atoms with Crippen molar-refractivity contribution in [2.45, 2.75) is 31.5 Å². The summed E-state index contributed by atoms with van der Waals surface area (Å²) in [6.45, 7) is 0.839. The molecule has 0 spiro atoms. The third-order valence-electron chi connectivity index (χ3n) is 4.33. The van der Waals surface area contributed by atoms with Crippen molar-refractivity contribution in [2.24, 2.45) is 5.92 Å². The monoisotopic (exact) mass is 298 g/mol. The molecule has 3 atom stereocenters. The Balaban J connectivity index is 1.48. The molecule has 22 heavy (non-hydrogen) atoms. The summed E-state index contributed by atoms with van der Waals surface area (Å²) in [6, 6.07) is 5.66. The average Bonchev–Trinajstić information content (AvgIpc) is 3.22. The number of nitrogens with one attached hydrogen (secondary N) is 1. The molecule has 3 heterocycles. The first-order chi connectivity index (χ1) is 10.8. The summed E-state index contributed by atoms with van der Waals surface area (Å²) in [4.78, 5) is 4.38. The van der Waals surface area contributed by atoms with Crippen molar-refractivity contribution in [2.75, 3.05) is 5.32 Å². The maximum atomic E-state index is 10.3. The summed E-state index contributed by atoms with van der Waals surface area (Å²) < 4.78 is 7.31. The van der Waals surface area contributed by atoms with Crippen molar-refractivity contribution >= 4 is 16.8 Å². The quantitative estimate of drug-likeness (QED) is 0.773. The van der Waals surface area contributed by atoms with Gasteiger partial charge in [-0.3, -0.25) is 4.68 Å². The standard InChI is InChI=1S/C16H18N4O2/c21-14-9-11(10-20-6-1-4-18-20)8-13(14)19-16-12-3-7-22-15(12)2-5-17-16/h1-7,11,13-14,21H,8-10H2,(H,17,19)/t11?,13-,14-/m1/s1. The lowest BCUT2D eigenvalue weighted by molar-refractivity contribution is 0.166. The summed E-state index contributed by atoms with van der Waals surface area (Å²) >= 11 is 0. The molecule has 0 bridgehead atoms. The number of aliphatic hydroxyl groups excluding tert-OH is 1. The number of anilines is 1. The first-order valence-corrected chi connectivity index (χ1v) is 7.54. The van der Waals surface area contributed by atoms with E-state index >= 15 is 0 Å². The largest absolute Gasteiger partial charge is 0.464 e. The fourth-order valence-corrected chi connectivity index (χ4v) is 3.28. The van der Waals surface area contributed by atoms with Crippen molar-refractivity contribution in [3.05, 3.63) is 43.1 Å². The van der Waals surface area contributed by atoms with Gasteiger partial charge in [0, 0.05) is 25.1 Å². The van der Waals surface area contributed by atoms with E-state index in [1.54, 1.807) is 18.7 Å². The highest BCUT2D eigenvalue weighted by molar-refractivity contribution is 5.87. The number of aromatic nitrogens is 3. The van der Waals surface area contributed by atoms with Crippen LogP contribution in [0.2, 0.25) is 0 Å². The molecule has 1 aliphatic carbocycles. The minimum Gasteiger partial charge on any atom is -0.464 e. The summed E-state index contributed by atoms with van der Waals surface area (Å²) in [7, 11) is 0. The number of furan rings is 1. The molecule has 0 aliphatic heterocycles. The lowest BCUT2D eigenvalue weighted by Gasteiger charge is -2.17. The van der Waals surface area contributed by atoms with Gasteiger partial charge in [-0.2, -0.15) is 5.10 Å². The highest BCUT2D eigenvalue weighted by Gasteiger charge is 2.33. The van der Waals surface area contributed by atoms with E-state index in [0.717, 1.165) is 36.2 Å². The van der Waals surface area contributed by atoms with Crippen LogP contribution < -0.4 is 5.32 Å². The fraction of sp³-hybridized carbons (Fsp3) is 0.375. The summed E-state index contributed by atoms with van der Waals surface area (Å²) in [5.74, 6) is 1.19. The lowest BCUT2D eigenvalue weighted by atomic mass is 10.1. The Morgan fingerprint density at radius 3 is 3.14 bits per heavy atom. The highest BCUT2D eigenvalue weighted by atomic mass is 16.3. The van der Waals surface area contributed by atoms with Gasteiger partial charge in [0.25, 0.3) is 0 Å². The van der Waals surface area contributed by atoms with E-state index in [0.29, 0.717) is 5.92 Å². The van der Waals surface area contributed by atoms with Gasteiger partial charge in [0.15, 0.2) is 0 Å². The minimum absolute atomic E-state index is 0.00793. The highest BCUT2D eigenvalue weighted by Crippen LogP contribution is 2.31. The lowest BCUT2D eigenvalue weighted by Crippen LogP contribution is -2.28. The van der Waals surface area contributed by atoms with Gasteiger partial charge in [-0.1, -0.05) is 0 Å². The van der Waals surface area contributed by atoms with E-state index in [9.17, 15) is 5.11 Å². The number of hydrogen-bond acceptors (Lipinski definition) is 5. The van der Waals surface area contributed by atoms with E-state index in [4.69, 9.17) is 4.42 Å². The van der Waals surface area contributed by atoms with Gasteiger partial charge in [-0.25, -0.2) is 4.98 Å². The zero-order chi connectivity index (χ0) is 14.9. The molecule has 3 aromatic rings. The molecule has 1 unspecified atom stereocenters. The first-order valence-electron chi connectivity index (χ1n) is 7.54. The van der Waals surface area contributed by atoms with Gasteiger partial charge >= 0.3 is 0 Å². The van der Waals surface area contributed by atoms with Crippen LogP contribution in [0.1, 0.15) is 12.8 Å². The SMILES string of the molecule is O[C@@H]1CC(Cn2cccn2)C[C@H]1Nc1nccc2occc12. The van der Waals surface area contributed by atoms with Crippen LogP contribution >= 0.6 is 0 Å². The number of rotatable bonds is 4. The second-order valence-corrected chi connectivity index (χ2v) is 5.88. The van der Waals surface area contributed by atoms with Gasteiger partial charge < -0.3 is 14.8 Å². The maximum absolute atomic E-state index is 10.3. The Kier molecular flexibility index (Phi) is 3.31. The van der Waals surface area contributed by atoms with Crippen molar-refractivity contribution < 1.29 is 9.52 Å². The predicted octanol–water partition coefficient (Wildman–Crippen LogP) is 2.28. The smallest absolute Gasteiger partial charge is 0.139 e. The van der Waals surface area contributed by atoms with Gasteiger partial charge in [0.1, 0.15) is 11.4 Å². The summed E-state index contributed by atoms with van der Waals surface area (Å²) in [5, 5.41) is 18.9. The third kappa shape index (κ3) is 2.46. The first kappa shape index (κ1) is 13.3. The summed E-state index contributed by atoms with van der Waals surface area (Å²) in [6.07, 6.45) is 8.42. The Morgan fingerprint density at radius 1 is 1.32 bits per heavy atom. The average molecular weight is 298 g/mol. The Hall–Kier alpha value is -2.34. The molecule has 2 N–H and O–H groups in total. The molecule has 0 aromatic carbocycles. The van der Waals surface area contributed by atoms with Crippen LogP contribution in [0.5, 0.6) is 0 Å². The normalized spacial score (nSPS) is 24.9. The molecule has 6 heteroatoms. The minimum atomic E-state index is -0.371. The van der Waals surface area contributed by atoms with Gasteiger partial charge in [0.2, 0.25) is 0 Å². The number of aliphatic hydroxyl groups is 1. The third-order valence-corrected chi connectivity index (χ3v) is 4.33. The molecule has 0 radical (unpaired) electrons. The molecular weight excluding hydrogens is 280 g/mol. The van der Waals surface area contributed by atoms with E-state index in [1.807, 2.05) is 29.1 Å². The molecule has 0 saturated heterocycles. The number of pyridine rings is 1. The van der Waals surface area contributed by atoms with Crippen molar-refractivity contribution in [1.29, 1.82) is 0 Å². The van der Waals surface area contributed by atoms with Gasteiger partial charge in [0.05, 0.1) is 23.8 Å². The second kappa shape index (κ2) is 5.46. The number of nitrogens with zero attached hydrogens (tertiary/aromatic N) is 3. The second-order valence-electron chi connectivity index (χ2n) is 5.88. The van der Waals surface area contributed by atoms with Gasteiger partial charge in [-0.15, -0.1) is 0 Å². The molecular formula is C16H18N4O2. The van der Waals surface area contributed by atoms with Crippen LogP contribution in [0.25, 0.3) is 11.0 Å². The topological polar surface area (TPSA) is 76.1 Å². The molecule has 1 fully saturated rings. The van der Waals surface area contributed by atoms with Crippen LogP contribution in [0.4, 0.5) is 5.82 Å². The van der Waals surface area contributed by atoms with E-state index in [1.165, 1.54) is 0 Å². The number of hydrogen-bond donors (Lipinski definition) is 2. The fourth-order valence-electron chi connectivity index (χ4n) is 3.28. The van der Waals surface area contributed by atoms with Crippen LogP contribution in [-0.4, -0.2) is 32.0 Å². The zero-order valence-electron chi connectivity index (χ0n) is 12.1. The number of fused-ring (bicyclic) bond motifs is 1. The van der Waals surface area contributed by atoms with E-state index < -0.39 is 0 Å². The molecule has 6 nitrogen and oxygen atoms in total. The van der Waals surface area contributed by atoms with Gasteiger partial charge in [-0.05, 0) is 37.0 Å². The summed E-state index contributed by atoms with van der Waals surface area (Å²) in [5.41, 5.74) is 0.804. The van der Waals surface area contributed by atoms with Crippen LogP contribution in [0, 0.1) is 5.92 Å². The van der Waals surface area contributed by atoms with Crippen LogP contribution in [0.15, 0.2) is 47.5 Å². The van der Waals surface area contributed by atoms with Crippen LogP contribution in [-0.2, 0) is 6.54 Å². The van der Waals surface area contributed by atoms with Crippen molar-refractivity contribution in [3.8, 4) is 0 Å². The molecule has 4 rings (SSSR count). The van der Waals surface area contributed by atoms with E-state index in [2.05, 4.69) is 15.4 Å². The Labute approximate surface area is 127 Å². The predicted molar refractivity (Wildman–Crippen MR) is 82.4 cm³/mol. The molecule has 0 amide bonds. The maximum Gasteiger partial charge on any atom is 0.139 e. The Morgan fingerprint density at radius 2 is 2.27 bits per heavy atom. The molecule has 1 aliphatic rings. The molecule has 3 aromatic heterocycles. The van der Waals surface area contributed by atoms with Crippen LogP contribution in [0.3, 0.4) is 0 Å². The molecule has 114 valence electrons. The zero-order valence-corrected chi connectivity index (χ0v) is 12.1. The Bertz CT molecular complexity index is 752.